The van der Waals surface area contributed by atoms with Crippen molar-refractivity contribution in [2.45, 2.75) is 20.0 Å². The van der Waals surface area contributed by atoms with Gasteiger partial charge in [0.05, 0.1) is 23.8 Å². The van der Waals surface area contributed by atoms with E-state index in [1.165, 1.54) is 0 Å². The van der Waals surface area contributed by atoms with E-state index in [0.29, 0.717) is 27.8 Å². The van der Waals surface area contributed by atoms with Crippen molar-refractivity contribution < 1.29 is 14.6 Å². The first-order valence-corrected chi connectivity index (χ1v) is 6.69. The average Bonchev–Trinajstić information content (AvgIpc) is 2.42. The van der Waals surface area contributed by atoms with Crippen LogP contribution in [-0.2, 0) is 0 Å². The Labute approximate surface area is 123 Å². The number of benzene rings is 2. The van der Waals surface area contributed by atoms with E-state index >= 15 is 0 Å². The average molecular weight is 293 g/mol. The molecule has 2 aromatic carbocycles. The van der Waals surface area contributed by atoms with Gasteiger partial charge in [0.1, 0.15) is 17.2 Å². The van der Waals surface area contributed by atoms with Crippen LogP contribution in [0.4, 0.5) is 0 Å². The zero-order chi connectivity index (χ0) is 14.7. The molecule has 0 aliphatic heterocycles. The van der Waals surface area contributed by atoms with Crippen LogP contribution in [0.25, 0.3) is 0 Å². The minimum atomic E-state index is -0.704. The van der Waals surface area contributed by atoms with E-state index in [4.69, 9.17) is 21.1 Å². The molecule has 0 amide bonds. The lowest BCUT2D eigenvalue weighted by Gasteiger charge is -2.17. The summed E-state index contributed by atoms with van der Waals surface area (Å²) in [7, 11) is 1.56. The molecule has 0 saturated carbocycles. The number of aliphatic hydroxyl groups is 1. The lowest BCUT2D eigenvalue weighted by atomic mass is 10.1. The van der Waals surface area contributed by atoms with Gasteiger partial charge in [-0.3, -0.25) is 0 Å². The fourth-order valence-corrected chi connectivity index (χ4v) is 2.17. The smallest absolute Gasteiger partial charge is 0.146 e. The lowest BCUT2D eigenvalue weighted by molar-refractivity contribution is 0.190. The van der Waals surface area contributed by atoms with Crippen molar-refractivity contribution in [2.75, 3.05) is 7.11 Å². The van der Waals surface area contributed by atoms with Gasteiger partial charge in [-0.1, -0.05) is 23.7 Å². The quantitative estimate of drug-likeness (QED) is 0.901. The first-order chi connectivity index (χ1) is 9.52. The summed E-state index contributed by atoms with van der Waals surface area (Å²) in [6.07, 6.45) is -0.704. The first kappa shape index (κ1) is 14.7. The van der Waals surface area contributed by atoms with Crippen molar-refractivity contribution in [2.24, 2.45) is 0 Å². The minimum Gasteiger partial charge on any atom is -0.496 e. The second-order valence-electron chi connectivity index (χ2n) is 4.58. The monoisotopic (exact) mass is 292 g/mol. The molecule has 1 N–H and O–H groups in total. The summed E-state index contributed by atoms with van der Waals surface area (Å²) in [4.78, 5) is 0. The molecule has 0 radical (unpaired) electrons. The number of aliphatic hydroxyl groups excluding tert-OH is 1. The molecule has 0 aliphatic rings. The number of rotatable bonds is 4. The Hall–Kier alpha value is -1.71. The molecule has 0 aliphatic carbocycles. The summed E-state index contributed by atoms with van der Waals surface area (Å²) in [6.45, 7) is 3.63. The van der Waals surface area contributed by atoms with Gasteiger partial charge >= 0.3 is 0 Å². The molecule has 0 spiro atoms. The number of hydrogen-bond acceptors (Lipinski definition) is 3. The first-order valence-electron chi connectivity index (χ1n) is 6.32. The molecular weight excluding hydrogens is 276 g/mol. The molecule has 2 rings (SSSR count). The maximum Gasteiger partial charge on any atom is 0.146 e. The standard InChI is InChI=1S/C16H17ClO3/c1-10-7-8-12(17)15(9-10)20-14-6-4-5-13(19-3)16(14)11(2)18/h4-9,11,18H,1-3H3/t11-/m0/s1. The Kier molecular flexibility index (Phi) is 4.53. The van der Waals surface area contributed by atoms with Gasteiger partial charge in [0, 0.05) is 0 Å². The molecule has 0 aromatic heterocycles. The molecule has 0 bridgehead atoms. The Balaban J connectivity index is 2.45. The van der Waals surface area contributed by atoms with Crippen LogP contribution in [0.15, 0.2) is 36.4 Å². The van der Waals surface area contributed by atoms with Gasteiger partial charge in [0.25, 0.3) is 0 Å². The van der Waals surface area contributed by atoms with E-state index in [2.05, 4.69) is 0 Å². The summed E-state index contributed by atoms with van der Waals surface area (Å²) < 4.78 is 11.1. The van der Waals surface area contributed by atoms with Gasteiger partial charge in [-0.2, -0.15) is 0 Å². The van der Waals surface area contributed by atoms with E-state index < -0.39 is 6.10 Å². The molecule has 2 aromatic rings. The third kappa shape index (κ3) is 3.06. The van der Waals surface area contributed by atoms with Gasteiger partial charge in [-0.25, -0.2) is 0 Å². The van der Waals surface area contributed by atoms with Crippen LogP contribution in [0.5, 0.6) is 17.2 Å². The molecule has 106 valence electrons. The summed E-state index contributed by atoms with van der Waals surface area (Å²) in [5.74, 6) is 1.68. The lowest BCUT2D eigenvalue weighted by Crippen LogP contribution is -2.00. The highest BCUT2D eigenvalue weighted by Gasteiger charge is 2.16. The highest BCUT2D eigenvalue weighted by atomic mass is 35.5. The number of aryl methyl sites for hydroxylation is 1. The summed E-state index contributed by atoms with van der Waals surface area (Å²) in [6, 6.07) is 10.9. The summed E-state index contributed by atoms with van der Waals surface area (Å²) in [5.41, 5.74) is 1.65. The molecule has 3 nitrogen and oxygen atoms in total. The van der Waals surface area contributed by atoms with Crippen LogP contribution < -0.4 is 9.47 Å². The topological polar surface area (TPSA) is 38.7 Å². The van der Waals surface area contributed by atoms with Crippen LogP contribution in [-0.4, -0.2) is 12.2 Å². The number of halogens is 1. The maximum absolute atomic E-state index is 9.93. The van der Waals surface area contributed by atoms with E-state index in [1.54, 1.807) is 32.2 Å². The van der Waals surface area contributed by atoms with Gasteiger partial charge in [-0.15, -0.1) is 0 Å². The largest absolute Gasteiger partial charge is 0.496 e. The van der Waals surface area contributed by atoms with Crippen LogP contribution in [0, 0.1) is 6.92 Å². The third-order valence-electron chi connectivity index (χ3n) is 2.97. The van der Waals surface area contributed by atoms with Crippen LogP contribution in [0.2, 0.25) is 5.02 Å². The summed E-state index contributed by atoms with van der Waals surface area (Å²) >= 11 is 6.13. The number of ether oxygens (including phenoxy) is 2. The normalized spacial score (nSPS) is 12.1. The van der Waals surface area contributed by atoms with Crippen molar-refractivity contribution in [1.82, 2.24) is 0 Å². The van der Waals surface area contributed by atoms with Crippen LogP contribution in [0.3, 0.4) is 0 Å². The zero-order valence-electron chi connectivity index (χ0n) is 11.7. The van der Waals surface area contributed by atoms with Gasteiger partial charge < -0.3 is 14.6 Å². The molecule has 20 heavy (non-hydrogen) atoms. The van der Waals surface area contributed by atoms with Crippen molar-refractivity contribution in [3.63, 3.8) is 0 Å². The van der Waals surface area contributed by atoms with Crippen LogP contribution in [0.1, 0.15) is 24.2 Å². The molecule has 0 heterocycles. The predicted molar refractivity (Wildman–Crippen MR) is 79.9 cm³/mol. The Morgan fingerprint density at radius 2 is 1.80 bits per heavy atom. The second kappa shape index (κ2) is 6.16. The van der Waals surface area contributed by atoms with Crippen molar-refractivity contribution in [3.05, 3.63) is 52.5 Å². The summed E-state index contributed by atoms with van der Waals surface area (Å²) in [5, 5.41) is 10.4. The van der Waals surface area contributed by atoms with E-state index in [-0.39, 0.29) is 0 Å². The molecule has 4 heteroatoms. The minimum absolute atomic E-state index is 0.523. The van der Waals surface area contributed by atoms with Gasteiger partial charge in [-0.05, 0) is 43.7 Å². The Morgan fingerprint density at radius 3 is 2.45 bits per heavy atom. The number of hydrogen-bond donors (Lipinski definition) is 1. The molecule has 1 atom stereocenters. The van der Waals surface area contributed by atoms with Crippen molar-refractivity contribution in [3.8, 4) is 17.2 Å². The molecule has 0 unspecified atom stereocenters. The Bertz CT molecular complexity index is 609. The Morgan fingerprint density at radius 1 is 1.10 bits per heavy atom. The molecular formula is C16H17ClO3. The zero-order valence-corrected chi connectivity index (χ0v) is 12.4. The van der Waals surface area contributed by atoms with Gasteiger partial charge in [0.2, 0.25) is 0 Å². The second-order valence-corrected chi connectivity index (χ2v) is 4.99. The van der Waals surface area contributed by atoms with Crippen LogP contribution >= 0.6 is 11.6 Å². The van der Waals surface area contributed by atoms with E-state index in [1.807, 2.05) is 25.1 Å². The molecule has 0 fully saturated rings. The van der Waals surface area contributed by atoms with Crippen molar-refractivity contribution in [1.29, 1.82) is 0 Å². The SMILES string of the molecule is COc1cccc(Oc2cc(C)ccc2Cl)c1[C@H](C)O. The van der Waals surface area contributed by atoms with E-state index in [0.717, 1.165) is 5.56 Å². The fraction of sp³-hybridized carbons (Fsp3) is 0.250. The number of methoxy groups -OCH3 is 1. The van der Waals surface area contributed by atoms with E-state index in [9.17, 15) is 5.11 Å². The van der Waals surface area contributed by atoms with Crippen molar-refractivity contribution >= 4 is 11.6 Å². The predicted octanol–water partition coefficient (Wildman–Crippen LogP) is 4.50. The highest BCUT2D eigenvalue weighted by Crippen LogP contribution is 2.38. The maximum atomic E-state index is 9.93. The fourth-order valence-electron chi connectivity index (χ4n) is 2.01. The molecule has 0 saturated heterocycles. The van der Waals surface area contributed by atoms with Gasteiger partial charge in [0.15, 0.2) is 0 Å². The third-order valence-corrected chi connectivity index (χ3v) is 3.28. The highest BCUT2D eigenvalue weighted by molar-refractivity contribution is 6.32.